The number of nitrogens with zero attached hydrogens (tertiary/aromatic N) is 1. The second-order valence-electron chi connectivity index (χ2n) is 8.48. The van der Waals surface area contributed by atoms with Gasteiger partial charge >= 0.3 is 5.97 Å². The van der Waals surface area contributed by atoms with Crippen LogP contribution in [0, 0.1) is 5.92 Å². The second kappa shape index (κ2) is 14.1. The normalized spacial score (nSPS) is 12.4. The number of hydrogen-bond acceptors (Lipinski definition) is 6. The first kappa shape index (κ1) is 27.8. The number of ether oxygens (including phenoxy) is 2. The van der Waals surface area contributed by atoms with Crippen LogP contribution in [0.1, 0.15) is 45.4 Å². The molecule has 188 valence electrons. The summed E-state index contributed by atoms with van der Waals surface area (Å²) in [4.78, 5) is 27.2. The lowest BCUT2D eigenvalue weighted by molar-refractivity contribution is -0.141. The molecule has 0 N–H and O–H groups in total. The average Bonchev–Trinajstić information content (AvgIpc) is 2.84. The van der Waals surface area contributed by atoms with E-state index in [1.54, 1.807) is 30.2 Å². The van der Waals surface area contributed by atoms with Crippen LogP contribution >= 0.6 is 0 Å². The maximum absolute atomic E-state index is 13.5. The average molecular weight is 492 g/mol. The van der Waals surface area contributed by atoms with E-state index >= 15 is 0 Å². The van der Waals surface area contributed by atoms with Gasteiger partial charge in [-0.2, -0.15) is 0 Å². The number of benzene rings is 2. The zero-order chi connectivity index (χ0) is 25.0. The Morgan fingerprint density at radius 1 is 0.971 bits per heavy atom. The standard InChI is InChI=1S/C26H37NO6S/c1-4-5-8-16-27(17-9-18-32-2)26(29)23(13-15-25(28)33-3)20-34(30,31)24-14-12-21-10-6-7-11-22(21)19-24/h6-7,10-12,14,19,23H,4-5,8-9,13,15-18,20H2,1-3H3/t23-/m1/s1. The SMILES string of the molecule is CCCCCN(CCCOC)C(=O)[C@H](CCC(=O)OC)CS(=O)(=O)c1ccc2ccccc2c1. The molecule has 0 spiro atoms. The fraction of sp³-hybridized carbons (Fsp3) is 0.538. The van der Waals surface area contributed by atoms with Crippen molar-refractivity contribution in [2.24, 2.45) is 5.92 Å². The molecule has 0 radical (unpaired) electrons. The molecule has 0 saturated carbocycles. The predicted octanol–water partition coefficient (Wildman–Crippen LogP) is 4.24. The fourth-order valence-corrected chi connectivity index (χ4v) is 5.55. The Kier molecular flexibility index (Phi) is 11.5. The van der Waals surface area contributed by atoms with E-state index in [9.17, 15) is 18.0 Å². The maximum atomic E-state index is 13.5. The number of hydrogen-bond donors (Lipinski definition) is 0. The highest BCUT2D eigenvalue weighted by Crippen LogP contribution is 2.24. The molecule has 0 aliphatic heterocycles. The Morgan fingerprint density at radius 3 is 2.35 bits per heavy atom. The lowest BCUT2D eigenvalue weighted by Gasteiger charge is -2.27. The van der Waals surface area contributed by atoms with Crippen LogP contribution in [-0.2, 0) is 28.9 Å². The number of rotatable bonds is 15. The van der Waals surface area contributed by atoms with Gasteiger partial charge in [-0.1, -0.05) is 50.1 Å². The Morgan fingerprint density at radius 2 is 1.68 bits per heavy atom. The number of carbonyl (C=O) groups is 2. The Hall–Kier alpha value is -2.45. The first-order valence-corrected chi connectivity index (χ1v) is 13.5. The van der Waals surface area contributed by atoms with Gasteiger partial charge in [0, 0.05) is 33.2 Å². The second-order valence-corrected chi connectivity index (χ2v) is 10.5. The van der Waals surface area contributed by atoms with Crippen LogP contribution in [0.2, 0.25) is 0 Å². The summed E-state index contributed by atoms with van der Waals surface area (Å²) >= 11 is 0. The molecule has 0 heterocycles. The highest BCUT2D eigenvalue weighted by molar-refractivity contribution is 7.91. The minimum atomic E-state index is -3.76. The number of unbranched alkanes of at least 4 members (excludes halogenated alkanes) is 2. The van der Waals surface area contributed by atoms with Crippen LogP contribution in [0.25, 0.3) is 10.8 Å². The van der Waals surface area contributed by atoms with Crippen LogP contribution in [0.5, 0.6) is 0 Å². The Balaban J connectivity index is 2.28. The monoisotopic (exact) mass is 491 g/mol. The first-order valence-electron chi connectivity index (χ1n) is 11.9. The molecular formula is C26H37NO6S. The lowest BCUT2D eigenvalue weighted by atomic mass is 10.0. The quantitative estimate of drug-likeness (QED) is 0.273. The van der Waals surface area contributed by atoms with E-state index < -0.39 is 21.7 Å². The van der Waals surface area contributed by atoms with Crippen molar-refractivity contribution in [3.63, 3.8) is 0 Å². The van der Waals surface area contributed by atoms with Gasteiger partial charge in [-0.15, -0.1) is 0 Å². The molecule has 0 aromatic heterocycles. The van der Waals surface area contributed by atoms with Crippen molar-refractivity contribution in [2.75, 3.05) is 39.7 Å². The van der Waals surface area contributed by atoms with E-state index in [2.05, 4.69) is 6.92 Å². The van der Waals surface area contributed by atoms with Crippen molar-refractivity contribution < 1.29 is 27.5 Å². The molecule has 0 aliphatic rings. The number of carbonyl (C=O) groups excluding carboxylic acids is 2. The number of fused-ring (bicyclic) bond motifs is 1. The van der Waals surface area contributed by atoms with Gasteiger partial charge in [0.25, 0.3) is 0 Å². The molecule has 7 nitrogen and oxygen atoms in total. The van der Waals surface area contributed by atoms with Crippen LogP contribution in [0.15, 0.2) is 47.4 Å². The fourth-order valence-electron chi connectivity index (χ4n) is 3.94. The zero-order valence-electron chi connectivity index (χ0n) is 20.5. The third-order valence-corrected chi connectivity index (χ3v) is 7.71. The largest absolute Gasteiger partial charge is 0.469 e. The van der Waals surface area contributed by atoms with Gasteiger partial charge in [0.2, 0.25) is 5.91 Å². The molecule has 0 fully saturated rings. The third-order valence-electron chi connectivity index (χ3n) is 5.89. The summed E-state index contributed by atoms with van der Waals surface area (Å²) in [7, 11) is -0.865. The van der Waals surface area contributed by atoms with Gasteiger partial charge in [-0.3, -0.25) is 9.59 Å². The summed E-state index contributed by atoms with van der Waals surface area (Å²) < 4.78 is 36.5. The van der Waals surface area contributed by atoms with Crippen molar-refractivity contribution >= 4 is 32.5 Å². The van der Waals surface area contributed by atoms with E-state index in [4.69, 9.17) is 9.47 Å². The van der Waals surface area contributed by atoms with Crippen LogP contribution in [-0.4, -0.2) is 64.9 Å². The topological polar surface area (TPSA) is 90.0 Å². The lowest BCUT2D eigenvalue weighted by Crippen LogP contribution is -2.40. The summed E-state index contributed by atoms with van der Waals surface area (Å²) in [6.45, 7) is 3.65. The minimum absolute atomic E-state index is 0.0129. The molecule has 2 rings (SSSR count). The van der Waals surface area contributed by atoms with Gasteiger partial charge in [0.05, 0.1) is 23.7 Å². The van der Waals surface area contributed by atoms with Gasteiger partial charge in [0.1, 0.15) is 0 Å². The highest BCUT2D eigenvalue weighted by Gasteiger charge is 2.30. The van der Waals surface area contributed by atoms with Crippen molar-refractivity contribution in [2.45, 2.75) is 50.3 Å². The van der Waals surface area contributed by atoms with Crippen LogP contribution in [0.4, 0.5) is 0 Å². The molecule has 1 atom stereocenters. The number of amides is 1. The summed E-state index contributed by atoms with van der Waals surface area (Å²) in [5, 5.41) is 1.77. The van der Waals surface area contributed by atoms with Crippen molar-refractivity contribution in [3.8, 4) is 0 Å². The Labute approximate surface area is 203 Å². The predicted molar refractivity (Wildman–Crippen MR) is 133 cm³/mol. The van der Waals surface area contributed by atoms with Crippen LogP contribution in [0.3, 0.4) is 0 Å². The summed E-state index contributed by atoms with van der Waals surface area (Å²) in [5.74, 6) is -1.88. The molecule has 0 bridgehead atoms. The molecule has 1 amide bonds. The molecule has 2 aromatic carbocycles. The van der Waals surface area contributed by atoms with E-state index in [0.29, 0.717) is 26.1 Å². The number of esters is 1. The summed E-state index contributed by atoms with van der Waals surface area (Å²) in [6.07, 6.45) is 3.61. The molecular weight excluding hydrogens is 454 g/mol. The Bertz CT molecular complexity index is 1030. The summed E-state index contributed by atoms with van der Waals surface area (Å²) in [5.41, 5.74) is 0. The van der Waals surface area contributed by atoms with Gasteiger partial charge in [0.15, 0.2) is 9.84 Å². The smallest absolute Gasteiger partial charge is 0.305 e. The minimum Gasteiger partial charge on any atom is -0.469 e. The van der Waals surface area contributed by atoms with Gasteiger partial charge < -0.3 is 14.4 Å². The number of methoxy groups -OCH3 is 2. The van der Waals surface area contributed by atoms with Crippen molar-refractivity contribution in [3.05, 3.63) is 42.5 Å². The van der Waals surface area contributed by atoms with Gasteiger partial charge in [-0.05, 0) is 42.2 Å². The highest BCUT2D eigenvalue weighted by atomic mass is 32.2. The zero-order valence-corrected chi connectivity index (χ0v) is 21.3. The van der Waals surface area contributed by atoms with Crippen LogP contribution < -0.4 is 0 Å². The summed E-state index contributed by atoms with van der Waals surface area (Å²) in [6, 6.07) is 12.5. The molecule has 8 heteroatoms. The van der Waals surface area contributed by atoms with E-state index in [0.717, 1.165) is 30.0 Å². The molecule has 0 unspecified atom stereocenters. The van der Waals surface area contributed by atoms with E-state index in [1.807, 2.05) is 24.3 Å². The molecule has 0 saturated heterocycles. The van der Waals surface area contributed by atoms with Crippen molar-refractivity contribution in [1.29, 1.82) is 0 Å². The molecule has 2 aromatic rings. The third kappa shape index (κ3) is 8.40. The first-order chi connectivity index (χ1) is 16.3. The van der Waals surface area contributed by atoms with E-state index in [1.165, 1.54) is 7.11 Å². The van der Waals surface area contributed by atoms with E-state index in [-0.39, 0.29) is 29.4 Å². The van der Waals surface area contributed by atoms with Gasteiger partial charge in [-0.25, -0.2) is 8.42 Å². The number of sulfone groups is 1. The molecule has 34 heavy (non-hydrogen) atoms. The molecule has 0 aliphatic carbocycles. The maximum Gasteiger partial charge on any atom is 0.305 e. The van der Waals surface area contributed by atoms with Crippen molar-refractivity contribution in [1.82, 2.24) is 4.90 Å².